The Balaban J connectivity index is 1.39. The van der Waals surface area contributed by atoms with E-state index in [1.165, 1.54) is 79.3 Å². The van der Waals surface area contributed by atoms with Gasteiger partial charge in [-0.15, -0.1) is 22.7 Å². The highest BCUT2D eigenvalue weighted by Gasteiger charge is 2.22. The predicted octanol–water partition coefficient (Wildman–Crippen LogP) is 12.7. The number of anilines is 3. The average molecular weight is 584 g/mol. The third-order valence-corrected chi connectivity index (χ3v) is 10.8. The minimum absolute atomic E-state index is 1.17. The summed E-state index contributed by atoms with van der Waals surface area (Å²) in [5.41, 5.74) is 6.07. The van der Waals surface area contributed by atoms with E-state index in [1.807, 2.05) is 22.7 Å². The SMILES string of the molecule is c1ccc(-c2ccc(N(c3ccc4c(c3)sc3ccccc34)c3cccc4ccccc34)c3c2sc2ccccc23)cc1. The Hall–Kier alpha value is -4.96. The fraction of sp³-hybridized carbons (Fsp3) is 0. The summed E-state index contributed by atoms with van der Waals surface area (Å²) in [6, 6.07) is 55.4. The molecule has 0 aliphatic carbocycles. The smallest absolute Gasteiger partial charge is 0.0555 e. The number of thiophene rings is 2. The van der Waals surface area contributed by atoms with Gasteiger partial charge in [0.15, 0.2) is 0 Å². The molecule has 0 aliphatic rings. The standard InChI is InChI=1S/C40H25NS2/c1-2-11-27(12-3-1)30-23-24-35(39-33-17-7-9-20-37(33)43-40(30)39)41(34-18-10-14-26-13-4-5-15-29(26)34)28-21-22-32-31-16-6-8-19-36(31)42-38(32)25-28/h1-25H. The first-order chi connectivity index (χ1) is 21.3. The summed E-state index contributed by atoms with van der Waals surface area (Å²) < 4.78 is 5.25. The van der Waals surface area contributed by atoms with E-state index in [-0.39, 0.29) is 0 Å². The highest BCUT2D eigenvalue weighted by atomic mass is 32.1. The Morgan fingerprint density at radius 1 is 0.419 bits per heavy atom. The van der Waals surface area contributed by atoms with Crippen LogP contribution in [0.3, 0.4) is 0 Å². The number of nitrogens with zero attached hydrogens (tertiary/aromatic N) is 1. The lowest BCUT2D eigenvalue weighted by atomic mass is 9.99. The molecule has 9 aromatic rings. The Morgan fingerprint density at radius 2 is 1.09 bits per heavy atom. The third kappa shape index (κ3) is 3.90. The van der Waals surface area contributed by atoms with Crippen molar-refractivity contribution in [2.75, 3.05) is 4.90 Å². The van der Waals surface area contributed by atoms with Gasteiger partial charge in [0.2, 0.25) is 0 Å². The van der Waals surface area contributed by atoms with E-state index in [9.17, 15) is 0 Å². The van der Waals surface area contributed by atoms with E-state index in [4.69, 9.17) is 0 Å². The van der Waals surface area contributed by atoms with E-state index >= 15 is 0 Å². The first kappa shape index (κ1) is 24.6. The second-order valence-electron chi connectivity index (χ2n) is 10.9. The van der Waals surface area contributed by atoms with Crippen molar-refractivity contribution in [3.05, 3.63) is 152 Å². The highest BCUT2D eigenvalue weighted by molar-refractivity contribution is 7.26. The summed E-state index contributed by atoms with van der Waals surface area (Å²) in [5.74, 6) is 0. The summed E-state index contributed by atoms with van der Waals surface area (Å²) in [7, 11) is 0. The van der Waals surface area contributed by atoms with Crippen LogP contribution in [0.5, 0.6) is 0 Å². The maximum atomic E-state index is 2.49. The van der Waals surface area contributed by atoms with E-state index in [2.05, 4.69) is 157 Å². The zero-order valence-electron chi connectivity index (χ0n) is 23.2. The van der Waals surface area contributed by atoms with Crippen LogP contribution in [0.15, 0.2) is 152 Å². The lowest BCUT2D eigenvalue weighted by Gasteiger charge is -2.28. The molecule has 0 atom stereocenters. The molecule has 2 aromatic heterocycles. The minimum atomic E-state index is 1.17. The molecule has 202 valence electrons. The molecule has 0 saturated carbocycles. The van der Waals surface area contributed by atoms with Gasteiger partial charge in [0.05, 0.1) is 11.4 Å². The molecule has 0 N–H and O–H groups in total. The molecule has 2 heterocycles. The second-order valence-corrected chi connectivity index (χ2v) is 13.0. The van der Waals surface area contributed by atoms with Gasteiger partial charge < -0.3 is 4.90 Å². The molecule has 0 spiro atoms. The molecule has 0 saturated heterocycles. The van der Waals surface area contributed by atoms with E-state index in [1.54, 1.807) is 0 Å². The summed E-state index contributed by atoms with van der Waals surface area (Å²) in [6.45, 7) is 0. The molecule has 0 aliphatic heterocycles. The molecule has 0 radical (unpaired) electrons. The molecule has 3 heteroatoms. The van der Waals surface area contributed by atoms with Gasteiger partial charge in [-0.2, -0.15) is 0 Å². The molecular formula is C40H25NS2. The third-order valence-electron chi connectivity index (χ3n) is 8.46. The lowest BCUT2D eigenvalue weighted by Crippen LogP contribution is -2.11. The number of hydrogen-bond acceptors (Lipinski definition) is 3. The summed E-state index contributed by atoms with van der Waals surface area (Å²) in [6.07, 6.45) is 0. The van der Waals surface area contributed by atoms with Crippen LogP contribution in [0.4, 0.5) is 17.1 Å². The molecule has 0 fully saturated rings. The van der Waals surface area contributed by atoms with Crippen LogP contribution in [0.25, 0.3) is 62.2 Å². The van der Waals surface area contributed by atoms with Crippen molar-refractivity contribution in [2.45, 2.75) is 0 Å². The van der Waals surface area contributed by atoms with Crippen molar-refractivity contribution in [2.24, 2.45) is 0 Å². The monoisotopic (exact) mass is 583 g/mol. The normalized spacial score (nSPS) is 11.7. The van der Waals surface area contributed by atoms with Gasteiger partial charge in [0, 0.05) is 51.4 Å². The summed E-state index contributed by atoms with van der Waals surface area (Å²) in [4.78, 5) is 2.49. The zero-order chi connectivity index (χ0) is 28.3. The van der Waals surface area contributed by atoms with Crippen molar-refractivity contribution in [1.29, 1.82) is 0 Å². The van der Waals surface area contributed by atoms with Gasteiger partial charge in [0.25, 0.3) is 0 Å². The van der Waals surface area contributed by atoms with Crippen LogP contribution in [0.1, 0.15) is 0 Å². The van der Waals surface area contributed by atoms with Gasteiger partial charge in [0.1, 0.15) is 0 Å². The number of rotatable bonds is 4. The Morgan fingerprint density at radius 3 is 1.95 bits per heavy atom. The molecular weight excluding hydrogens is 559 g/mol. The Kier molecular flexibility index (Phi) is 5.62. The molecule has 0 bridgehead atoms. The first-order valence-electron chi connectivity index (χ1n) is 14.5. The van der Waals surface area contributed by atoms with Gasteiger partial charge in [-0.25, -0.2) is 0 Å². The van der Waals surface area contributed by atoms with Crippen LogP contribution in [0, 0.1) is 0 Å². The number of benzene rings is 7. The van der Waals surface area contributed by atoms with Gasteiger partial charge in [-0.3, -0.25) is 0 Å². The Labute approximate surface area is 257 Å². The molecule has 0 amide bonds. The van der Waals surface area contributed by atoms with Crippen molar-refractivity contribution in [3.8, 4) is 11.1 Å². The largest absolute Gasteiger partial charge is 0.309 e. The van der Waals surface area contributed by atoms with Crippen molar-refractivity contribution in [1.82, 2.24) is 0 Å². The topological polar surface area (TPSA) is 3.24 Å². The maximum Gasteiger partial charge on any atom is 0.0555 e. The average Bonchev–Trinajstić information content (AvgIpc) is 3.64. The quantitative estimate of drug-likeness (QED) is 0.199. The highest BCUT2D eigenvalue weighted by Crippen LogP contribution is 2.50. The van der Waals surface area contributed by atoms with Gasteiger partial charge >= 0.3 is 0 Å². The van der Waals surface area contributed by atoms with E-state index in [0.717, 1.165) is 0 Å². The first-order valence-corrected chi connectivity index (χ1v) is 16.2. The van der Waals surface area contributed by atoms with Crippen molar-refractivity contribution < 1.29 is 0 Å². The van der Waals surface area contributed by atoms with Gasteiger partial charge in [-0.1, -0.05) is 115 Å². The maximum absolute atomic E-state index is 2.49. The number of fused-ring (bicyclic) bond motifs is 7. The zero-order valence-corrected chi connectivity index (χ0v) is 24.8. The van der Waals surface area contributed by atoms with Crippen molar-refractivity contribution >= 4 is 90.9 Å². The fourth-order valence-electron chi connectivity index (χ4n) is 6.51. The van der Waals surface area contributed by atoms with Crippen LogP contribution in [0.2, 0.25) is 0 Å². The summed E-state index contributed by atoms with van der Waals surface area (Å²) in [5, 5.41) is 7.70. The predicted molar refractivity (Wildman–Crippen MR) is 190 cm³/mol. The second kappa shape index (κ2) is 9.81. The fourth-order valence-corrected chi connectivity index (χ4v) is 8.91. The van der Waals surface area contributed by atoms with Crippen LogP contribution in [-0.4, -0.2) is 0 Å². The molecule has 43 heavy (non-hydrogen) atoms. The lowest BCUT2D eigenvalue weighted by molar-refractivity contribution is 1.32. The number of hydrogen-bond donors (Lipinski definition) is 0. The minimum Gasteiger partial charge on any atom is -0.309 e. The van der Waals surface area contributed by atoms with Crippen LogP contribution in [-0.2, 0) is 0 Å². The summed E-state index contributed by atoms with van der Waals surface area (Å²) >= 11 is 3.76. The Bertz CT molecular complexity index is 2460. The van der Waals surface area contributed by atoms with E-state index in [0.29, 0.717) is 0 Å². The van der Waals surface area contributed by atoms with E-state index < -0.39 is 0 Å². The molecule has 1 nitrogen and oxygen atoms in total. The van der Waals surface area contributed by atoms with Crippen LogP contribution >= 0.6 is 22.7 Å². The molecule has 7 aromatic carbocycles. The van der Waals surface area contributed by atoms with Crippen molar-refractivity contribution in [3.63, 3.8) is 0 Å². The van der Waals surface area contributed by atoms with Gasteiger partial charge in [-0.05, 0) is 52.9 Å². The molecule has 9 rings (SSSR count). The molecule has 0 unspecified atom stereocenters. The van der Waals surface area contributed by atoms with Crippen LogP contribution < -0.4 is 4.90 Å².